The monoisotopic (exact) mass is 276 g/mol. The minimum Gasteiger partial charge on any atom is -0.345 e. The number of hydrogen-bond donors (Lipinski definition) is 1. The van der Waals surface area contributed by atoms with Gasteiger partial charge in [0.25, 0.3) is 0 Å². The van der Waals surface area contributed by atoms with Crippen LogP contribution in [-0.4, -0.2) is 15.8 Å². The molecule has 0 bridgehead atoms. The number of imidazole rings is 1. The number of carbonyl (C=O) groups is 1. The Morgan fingerprint density at radius 1 is 1.16 bits per heavy atom. The third-order valence-corrected chi connectivity index (χ3v) is 3.43. The fourth-order valence-corrected chi connectivity index (χ4v) is 2.47. The van der Waals surface area contributed by atoms with Crippen LogP contribution in [0, 0.1) is 0 Å². The molecule has 1 N–H and O–H groups in total. The predicted molar refractivity (Wildman–Crippen MR) is 77.0 cm³/mol. The normalized spacial score (nSPS) is 13.5. The molecule has 0 amide bonds. The number of fused-ring (bicyclic) bond motifs is 1. The van der Waals surface area contributed by atoms with E-state index in [2.05, 4.69) is 9.97 Å². The zero-order valence-electron chi connectivity index (χ0n) is 10.7. The van der Waals surface area contributed by atoms with E-state index in [0.29, 0.717) is 6.42 Å². The summed E-state index contributed by atoms with van der Waals surface area (Å²) in [4.78, 5) is 19.9. The van der Waals surface area contributed by atoms with Gasteiger partial charge in [0, 0.05) is 11.3 Å². The number of aromatic amines is 1. The van der Waals surface area contributed by atoms with Crippen molar-refractivity contribution in [1.82, 2.24) is 9.97 Å². The van der Waals surface area contributed by atoms with Crippen molar-refractivity contribution in [2.24, 2.45) is 0 Å². The van der Waals surface area contributed by atoms with Gasteiger partial charge >= 0.3 is 0 Å². The Kier molecular flexibility index (Phi) is 4.38. The Bertz CT molecular complexity index is 539. The molecule has 19 heavy (non-hydrogen) atoms. The molecule has 0 aliphatic heterocycles. The van der Waals surface area contributed by atoms with Crippen LogP contribution in [0.5, 0.6) is 0 Å². The lowest BCUT2D eigenvalue weighted by atomic mass is 10.0. The highest BCUT2D eigenvalue weighted by molar-refractivity contribution is 5.97. The molecule has 1 heterocycles. The third-order valence-electron chi connectivity index (χ3n) is 3.43. The van der Waals surface area contributed by atoms with Crippen molar-refractivity contribution in [3.63, 3.8) is 0 Å². The number of nitrogens with one attached hydrogen (secondary N) is 1. The lowest BCUT2D eigenvalue weighted by molar-refractivity contribution is 0.0991. The second-order valence-electron chi connectivity index (χ2n) is 4.78. The molecule has 4 heteroatoms. The zero-order valence-corrected chi connectivity index (χ0v) is 11.5. The first kappa shape index (κ1) is 13.8. The number of ketones is 1. The fourth-order valence-electron chi connectivity index (χ4n) is 2.47. The SMILES string of the molecule is Cl.O=C(Cc1nc2c([nH]1)CCCC2)c1ccccc1. The van der Waals surface area contributed by atoms with Crippen molar-refractivity contribution in [1.29, 1.82) is 0 Å². The van der Waals surface area contributed by atoms with E-state index in [9.17, 15) is 4.79 Å². The summed E-state index contributed by atoms with van der Waals surface area (Å²) in [6, 6.07) is 9.40. The Balaban J connectivity index is 0.00000133. The van der Waals surface area contributed by atoms with Crippen LogP contribution >= 0.6 is 12.4 Å². The molecule has 1 aromatic carbocycles. The molecule has 1 aliphatic carbocycles. The van der Waals surface area contributed by atoms with Gasteiger partial charge < -0.3 is 4.98 Å². The van der Waals surface area contributed by atoms with E-state index in [4.69, 9.17) is 0 Å². The van der Waals surface area contributed by atoms with Gasteiger partial charge in [0.1, 0.15) is 5.82 Å². The Hall–Kier alpha value is -1.61. The van der Waals surface area contributed by atoms with Crippen molar-refractivity contribution in [3.05, 3.63) is 53.1 Å². The number of aromatic nitrogens is 2. The molecule has 0 saturated heterocycles. The molecular weight excluding hydrogens is 260 g/mol. The van der Waals surface area contributed by atoms with Crippen molar-refractivity contribution in [2.75, 3.05) is 0 Å². The van der Waals surface area contributed by atoms with E-state index in [0.717, 1.165) is 29.9 Å². The largest absolute Gasteiger partial charge is 0.345 e. The first-order valence-corrected chi connectivity index (χ1v) is 6.48. The maximum Gasteiger partial charge on any atom is 0.170 e. The molecule has 0 atom stereocenters. The standard InChI is InChI=1S/C15H16N2O.ClH/c18-14(11-6-2-1-3-7-11)10-15-16-12-8-4-5-9-13(12)17-15;/h1-3,6-7H,4-5,8-10H2,(H,16,17);1H. The smallest absolute Gasteiger partial charge is 0.170 e. The number of rotatable bonds is 3. The lowest BCUT2D eigenvalue weighted by Crippen LogP contribution is -2.04. The van der Waals surface area contributed by atoms with Crippen LogP contribution in [0.2, 0.25) is 0 Å². The van der Waals surface area contributed by atoms with E-state index in [1.165, 1.54) is 18.5 Å². The number of Topliss-reactive ketones (excluding diaryl/α,β-unsaturated/α-hetero) is 1. The van der Waals surface area contributed by atoms with Gasteiger partial charge in [0.2, 0.25) is 0 Å². The van der Waals surface area contributed by atoms with E-state index in [1.54, 1.807) is 0 Å². The number of carbonyl (C=O) groups excluding carboxylic acids is 1. The number of H-pyrrole nitrogens is 1. The Morgan fingerprint density at radius 2 is 1.89 bits per heavy atom. The summed E-state index contributed by atoms with van der Waals surface area (Å²) in [5.41, 5.74) is 3.15. The maximum absolute atomic E-state index is 12.1. The Labute approximate surface area is 118 Å². The predicted octanol–water partition coefficient (Wildman–Crippen LogP) is 3.14. The average molecular weight is 277 g/mol. The van der Waals surface area contributed by atoms with Crippen LogP contribution in [0.3, 0.4) is 0 Å². The van der Waals surface area contributed by atoms with Gasteiger partial charge in [-0.15, -0.1) is 12.4 Å². The molecule has 0 saturated carbocycles. The number of benzene rings is 1. The molecule has 3 nitrogen and oxygen atoms in total. The molecule has 1 aromatic heterocycles. The molecule has 0 unspecified atom stereocenters. The van der Waals surface area contributed by atoms with Gasteiger partial charge in [-0.05, 0) is 25.7 Å². The number of halogens is 1. The summed E-state index contributed by atoms with van der Waals surface area (Å²) < 4.78 is 0. The number of hydrogen-bond acceptors (Lipinski definition) is 2. The first-order chi connectivity index (χ1) is 8.83. The van der Waals surface area contributed by atoms with Crippen LogP contribution in [0.1, 0.15) is 40.4 Å². The average Bonchev–Trinajstić information content (AvgIpc) is 2.82. The highest BCUT2D eigenvalue weighted by atomic mass is 35.5. The van der Waals surface area contributed by atoms with Gasteiger partial charge in [0.15, 0.2) is 5.78 Å². The van der Waals surface area contributed by atoms with Gasteiger partial charge in [-0.2, -0.15) is 0 Å². The second-order valence-corrected chi connectivity index (χ2v) is 4.78. The highest BCUT2D eigenvalue weighted by Crippen LogP contribution is 2.19. The minimum atomic E-state index is 0. The second kappa shape index (κ2) is 6.02. The number of nitrogens with zero attached hydrogens (tertiary/aromatic N) is 1. The van der Waals surface area contributed by atoms with Gasteiger partial charge in [-0.3, -0.25) is 4.79 Å². The summed E-state index contributed by atoms with van der Waals surface area (Å²) in [6.07, 6.45) is 4.93. The topological polar surface area (TPSA) is 45.8 Å². The van der Waals surface area contributed by atoms with Gasteiger partial charge in [-0.1, -0.05) is 30.3 Å². The van der Waals surface area contributed by atoms with Crippen LogP contribution in [0.25, 0.3) is 0 Å². The summed E-state index contributed by atoms with van der Waals surface area (Å²) in [6.45, 7) is 0. The summed E-state index contributed by atoms with van der Waals surface area (Å²) in [5, 5.41) is 0. The van der Waals surface area contributed by atoms with Crippen LogP contribution in [0.4, 0.5) is 0 Å². The van der Waals surface area contributed by atoms with Crippen molar-refractivity contribution in [2.45, 2.75) is 32.1 Å². The quantitative estimate of drug-likeness (QED) is 0.876. The maximum atomic E-state index is 12.1. The molecule has 1 aliphatic rings. The highest BCUT2D eigenvalue weighted by Gasteiger charge is 2.16. The van der Waals surface area contributed by atoms with Gasteiger partial charge in [0.05, 0.1) is 12.1 Å². The van der Waals surface area contributed by atoms with Crippen molar-refractivity contribution < 1.29 is 4.79 Å². The van der Waals surface area contributed by atoms with E-state index in [-0.39, 0.29) is 18.2 Å². The molecule has 2 aromatic rings. The summed E-state index contributed by atoms with van der Waals surface area (Å²) >= 11 is 0. The first-order valence-electron chi connectivity index (χ1n) is 6.48. The molecule has 100 valence electrons. The van der Waals surface area contributed by atoms with Crippen molar-refractivity contribution >= 4 is 18.2 Å². The molecular formula is C15H17ClN2O. The van der Waals surface area contributed by atoms with Crippen LogP contribution in [0.15, 0.2) is 30.3 Å². The van der Waals surface area contributed by atoms with E-state index < -0.39 is 0 Å². The lowest BCUT2D eigenvalue weighted by Gasteiger charge is -2.07. The number of aryl methyl sites for hydroxylation is 2. The molecule has 3 rings (SSSR count). The van der Waals surface area contributed by atoms with Crippen LogP contribution < -0.4 is 0 Å². The van der Waals surface area contributed by atoms with Crippen molar-refractivity contribution in [3.8, 4) is 0 Å². The molecule has 0 radical (unpaired) electrons. The van der Waals surface area contributed by atoms with E-state index in [1.807, 2.05) is 30.3 Å². The molecule has 0 spiro atoms. The van der Waals surface area contributed by atoms with E-state index >= 15 is 0 Å². The fraction of sp³-hybridized carbons (Fsp3) is 0.333. The minimum absolute atomic E-state index is 0. The van der Waals surface area contributed by atoms with Gasteiger partial charge in [-0.25, -0.2) is 4.98 Å². The molecule has 0 fully saturated rings. The van der Waals surface area contributed by atoms with Crippen LogP contribution in [-0.2, 0) is 19.3 Å². The zero-order chi connectivity index (χ0) is 12.4. The third kappa shape index (κ3) is 3.04. The summed E-state index contributed by atoms with van der Waals surface area (Å²) in [7, 11) is 0. The summed E-state index contributed by atoms with van der Waals surface area (Å²) in [5.74, 6) is 0.942. The Morgan fingerprint density at radius 3 is 2.63 bits per heavy atom.